The van der Waals surface area contributed by atoms with Gasteiger partial charge in [0.2, 0.25) is 5.89 Å². The molecule has 138 valence electrons. The number of nitrogens with zero attached hydrogens (tertiary/aromatic N) is 3. The lowest BCUT2D eigenvalue weighted by Gasteiger charge is -2.30. The van der Waals surface area contributed by atoms with Gasteiger partial charge in [-0.1, -0.05) is 6.92 Å². The first-order chi connectivity index (χ1) is 11.1. The van der Waals surface area contributed by atoms with E-state index in [1.54, 1.807) is 7.05 Å². The van der Waals surface area contributed by atoms with Gasteiger partial charge in [-0.2, -0.15) is 0 Å². The number of nitrogens with one attached hydrogen (secondary N) is 2. The fraction of sp³-hybridized carbons (Fsp3) is 0.765. The number of likely N-dealkylation sites (tertiary alicyclic amines) is 1. The van der Waals surface area contributed by atoms with Gasteiger partial charge in [0.05, 0.1) is 12.2 Å². The zero-order valence-corrected chi connectivity index (χ0v) is 17.7. The van der Waals surface area contributed by atoms with E-state index in [-0.39, 0.29) is 24.0 Å². The average molecular weight is 449 g/mol. The lowest BCUT2D eigenvalue weighted by molar-refractivity contribution is 0.191. The summed E-state index contributed by atoms with van der Waals surface area (Å²) in [4.78, 5) is 11.2. The van der Waals surface area contributed by atoms with Gasteiger partial charge in [0.15, 0.2) is 5.96 Å². The van der Waals surface area contributed by atoms with Gasteiger partial charge in [-0.25, -0.2) is 4.98 Å². The van der Waals surface area contributed by atoms with E-state index in [1.165, 1.54) is 25.9 Å². The molecule has 2 heterocycles. The molecule has 0 bridgehead atoms. The molecular formula is C17H32IN5O. The lowest BCUT2D eigenvalue weighted by atomic mass is 9.99. The van der Waals surface area contributed by atoms with E-state index in [2.05, 4.69) is 32.4 Å². The molecule has 0 atom stereocenters. The van der Waals surface area contributed by atoms with Crippen LogP contribution in [0.3, 0.4) is 0 Å². The summed E-state index contributed by atoms with van der Waals surface area (Å²) in [7, 11) is 1.79. The molecule has 1 aromatic heterocycles. The van der Waals surface area contributed by atoms with Crippen LogP contribution in [-0.4, -0.2) is 49.1 Å². The number of rotatable bonds is 6. The summed E-state index contributed by atoms with van der Waals surface area (Å²) in [5, 5.41) is 6.59. The van der Waals surface area contributed by atoms with Gasteiger partial charge >= 0.3 is 0 Å². The smallest absolute Gasteiger partial charge is 0.214 e. The van der Waals surface area contributed by atoms with Crippen LogP contribution in [0.2, 0.25) is 0 Å². The Balaban J connectivity index is 0.00000288. The molecule has 7 heteroatoms. The summed E-state index contributed by atoms with van der Waals surface area (Å²) in [5.74, 6) is 3.27. The van der Waals surface area contributed by atoms with Crippen LogP contribution in [0, 0.1) is 19.8 Å². The Labute approximate surface area is 162 Å². The van der Waals surface area contributed by atoms with Crippen molar-refractivity contribution in [2.24, 2.45) is 10.9 Å². The Hall–Kier alpha value is -0.830. The molecule has 0 aromatic carbocycles. The molecule has 1 aliphatic heterocycles. The van der Waals surface area contributed by atoms with Crippen molar-refractivity contribution in [2.75, 3.05) is 33.2 Å². The van der Waals surface area contributed by atoms with E-state index < -0.39 is 0 Å². The van der Waals surface area contributed by atoms with Gasteiger partial charge in [-0.15, -0.1) is 24.0 Å². The van der Waals surface area contributed by atoms with Gasteiger partial charge in [-0.05, 0) is 58.7 Å². The number of aryl methyl sites for hydroxylation is 2. The van der Waals surface area contributed by atoms with Crippen molar-refractivity contribution in [3.8, 4) is 0 Å². The third-order valence-corrected chi connectivity index (χ3v) is 4.52. The van der Waals surface area contributed by atoms with Gasteiger partial charge < -0.3 is 20.0 Å². The molecule has 2 rings (SSSR count). The van der Waals surface area contributed by atoms with Crippen molar-refractivity contribution in [2.45, 2.75) is 46.6 Å². The number of oxazole rings is 1. The average Bonchev–Trinajstić information content (AvgIpc) is 2.87. The molecule has 1 aromatic rings. The summed E-state index contributed by atoms with van der Waals surface area (Å²) < 4.78 is 5.56. The highest BCUT2D eigenvalue weighted by Gasteiger charge is 2.14. The maximum Gasteiger partial charge on any atom is 0.214 e. The standard InChI is InChI=1S/C17H31N5O.HI/c1-13-6-10-22(11-7-13)9-5-8-19-17(18-4)20-12-16-21-14(2)15(3)23-16;/h13H,5-12H2,1-4H3,(H2,18,19,20);1H. The second-order valence-corrected chi connectivity index (χ2v) is 6.48. The van der Waals surface area contributed by atoms with Gasteiger partial charge in [-0.3, -0.25) is 4.99 Å². The molecule has 0 radical (unpaired) electrons. The van der Waals surface area contributed by atoms with Crippen LogP contribution in [0.4, 0.5) is 0 Å². The van der Waals surface area contributed by atoms with E-state index in [0.717, 1.165) is 42.8 Å². The first-order valence-corrected chi connectivity index (χ1v) is 8.68. The second kappa shape index (κ2) is 10.9. The van der Waals surface area contributed by atoms with E-state index in [9.17, 15) is 0 Å². The minimum atomic E-state index is 0. The zero-order valence-electron chi connectivity index (χ0n) is 15.4. The van der Waals surface area contributed by atoms with Crippen molar-refractivity contribution >= 4 is 29.9 Å². The summed E-state index contributed by atoms with van der Waals surface area (Å²) in [6.07, 6.45) is 3.81. The van der Waals surface area contributed by atoms with Crippen LogP contribution >= 0.6 is 24.0 Å². The van der Waals surface area contributed by atoms with Crippen molar-refractivity contribution in [1.29, 1.82) is 0 Å². The molecule has 2 N–H and O–H groups in total. The molecule has 1 fully saturated rings. The van der Waals surface area contributed by atoms with Gasteiger partial charge in [0.1, 0.15) is 5.76 Å². The molecule has 6 nitrogen and oxygen atoms in total. The van der Waals surface area contributed by atoms with Crippen molar-refractivity contribution < 1.29 is 4.42 Å². The maximum atomic E-state index is 5.56. The minimum Gasteiger partial charge on any atom is -0.444 e. The number of aromatic nitrogens is 1. The summed E-state index contributed by atoms with van der Waals surface area (Å²) in [6.45, 7) is 11.4. The lowest BCUT2D eigenvalue weighted by Crippen LogP contribution is -2.39. The van der Waals surface area contributed by atoms with Crippen LogP contribution in [-0.2, 0) is 6.54 Å². The Morgan fingerprint density at radius 3 is 2.58 bits per heavy atom. The highest BCUT2D eigenvalue weighted by molar-refractivity contribution is 14.0. The second-order valence-electron chi connectivity index (χ2n) is 6.48. The van der Waals surface area contributed by atoms with Crippen LogP contribution < -0.4 is 10.6 Å². The first kappa shape index (κ1) is 21.2. The van der Waals surface area contributed by atoms with Crippen LogP contribution in [0.5, 0.6) is 0 Å². The highest BCUT2D eigenvalue weighted by Crippen LogP contribution is 2.15. The van der Waals surface area contributed by atoms with Crippen LogP contribution in [0.15, 0.2) is 9.41 Å². The highest BCUT2D eigenvalue weighted by atomic mass is 127. The van der Waals surface area contributed by atoms with Crippen LogP contribution in [0.1, 0.15) is 43.5 Å². The molecule has 0 saturated carbocycles. The number of aliphatic imine (C=N–C) groups is 1. The molecule has 1 saturated heterocycles. The van der Waals surface area contributed by atoms with Crippen molar-refractivity contribution in [3.63, 3.8) is 0 Å². The SMILES string of the molecule is CN=C(NCCCN1CCC(C)CC1)NCc1nc(C)c(C)o1.I. The van der Waals surface area contributed by atoms with E-state index in [4.69, 9.17) is 4.42 Å². The quantitative estimate of drug-likeness (QED) is 0.303. The van der Waals surface area contributed by atoms with E-state index in [1.807, 2.05) is 13.8 Å². The number of halogens is 1. The van der Waals surface area contributed by atoms with Gasteiger partial charge in [0, 0.05) is 13.6 Å². The Bertz CT molecular complexity index is 490. The normalized spacial score (nSPS) is 16.8. The minimum absolute atomic E-state index is 0. The topological polar surface area (TPSA) is 65.7 Å². The van der Waals surface area contributed by atoms with Gasteiger partial charge in [0.25, 0.3) is 0 Å². The molecule has 0 spiro atoms. The summed E-state index contributed by atoms with van der Waals surface area (Å²) >= 11 is 0. The number of hydrogen-bond donors (Lipinski definition) is 2. The zero-order chi connectivity index (χ0) is 16.7. The predicted octanol–water partition coefficient (Wildman–Crippen LogP) is 2.70. The third-order valence-electron chi connectivity index (χ3n) is 4.52. The van der Waals surface area contributed by atoms with E-state index in [0.29, 0.717) is 12.4 Å². The predicted molar refractivity (Wildman–Crippen MR) is 109 cm³/mol. The van der Waals surface area contributed by atoms with E-state index >= 15 is 0 Å². The fourth-order valence-corrected chi connectivity index (χ4v) is 2.79. The Morgan fingerprint density at radius 2 is 2.00 bits per heavy atom. The Morgan fingerprint density at radius 1 is 1.29 bits per heavy atom. The molecule has 1 aliphatic rings. The molecular weight excluding hydrogens is 417 g/mol. The molecule has 0 unspecified atom stereocenters. The fourth-order valence-electron chi connectivity index (χ4n) is 2.79. The third kappa shape index (κ3) is 6.96. The monoisotopic (exact) mass is 449 g/mol. The molecule has 24 heavy (non-hydrogen) atoms. The number of hydrogen-bond acceptors (Lipinski definition) is 4. The maximum absolute atomic E-state index is 5.56. The number of guanidine groups is 1. The molecule has 0 amide bonds. The first-order valence-electron chi connectivity index (χ1n) is 8.68. The molecule has 0 aliphatic carbocycles. The van der Waals surface area contributed by atoms with Crippen molar-refractivity contribution in [1.82, 2.24) is 20.5 Å². The number of piperidine rings is 1. The summed E-state index contributed by atoms with van der Waals surface area (Å²) in [5.41, 5.74) is 0.945. The largest absolute Gasteiger partial charge is 0.444 e. The van der Waals surface area contributed by atoms with Crippen LogP contribution in [0.25, 0.3) is 0 Å². The Kier molecular flexibility index (Phi) is 9.65. The van der Waals surface area contributed by atoms with Crippen molar-refractivity contribution in [3.05, 3.63) is 17.3 Å². The summed E-state index contributed by atoms with van der Waals surface area (Å²) in [6, 6.07) is 0.